The summed E-state index contributed by atoms with van der Waals surface area (Å²) in [5.74, 6) is -2.19. The molecule has 438 valence electrons. The van der Waals surface area contributed by atoms with Crippen LogP contribution in [0.5, 0.6) is 5.75 Å². The Bertz CT molecular complexity index is 2980. The fourth-order valence-electron chi connectivity index (χ4n) is 10.3. The van der Waals surface area contributed by atoms with E-state index in [0.717, 1.165) is 37.8 Å². The average molecular weight is 1150 g/mol. The predicted molar refractivity (Wildman–Crippen MR) is 309 cm³/mol. The smallest absolute Gasteiger partial charge is 0.246 e. The third kappa shape index (κ3) is 16.0. The standard InChI is InChI=1S/C60H81N9O10S2/c1-35-48(80-33-64-35)38-15-13-37(14-16-38)28-62-52(74)43-24-41(70)30-68(43)54(76)50(56(3,4)5)66-46(72)26-59(11,12)78-22-21-58(9,10)79-45-23-39(49-36(2)65-34-81-49)17-18-40(45)29-63-53(75)44-25-42(71)31-69(44)55(77)51(57(6,7)8)67-47(73)27-60(32-61)19-20-60/h13-18,23,33-34,41-44,50-51,70-71H,19-22,24-31H2,1-12H3,(H,62,74)(H,63,75)(H,66,72)(H,67,73)/t41-,42-,43+,44+,50?,51?/m1/s1. The second-order valence-electron chi connectivity index (χ2n) is 25.5. The second kappa shape index (κ2) is 25.0. The van der Waals surface area contributed by atoms with Gasteiger partial charge in [-0.1, -0.05) is 77.9 Å². The number of carbonyl (C=O) groups is 6. The molecule has 2 aromatic carbocycles. The summed E-state index contributed by atoms with van der Waals surface area (Å²) in [4.78, 5) is 96.9. The van der Waals surface area contributed by atoms with Crippen LogP contribution in [0.2, 0.25) is 0 Å². The molecule has 0 spiro atoms. The number of nitrogens with zero attached hydrogens (tertiary/aromatic N) is 5. The van der Waals surface area contributed by atoms with Crippen LogP contribution in [-0.2, 0) is 46.6 Å². The Balaban J connectivity index is 0.955. The molecule has 1 aliphatic carbocycles. The van der Waals surface area contributed by atoms with Crippen molar-refractivity contribution in [2.24, 2.45) is 16.2 Å². The van der Waals surface area contributed by atoms with Crippen molar-refractivity contribution in [2.75, 3.05) is 19.7 Å². The number of ether oxygens (including phenoxy) is 2. The fraction of sp³-hybridized carbons (Fsp3) is 0.583. The van der Waals surface area contributed by atoms with Crippen molar-refractivity contribution in [1.82, 2.24) is 41.0 Å². The average Bonchev–Trinajstić information content (AvgIpc) is 3.95. The highest BCUT2D eigenvalue weighted by Gasteiger charge is 2.49. The van der Waals surface area contributed by atoms with Gasteiger partial charge in [-0.3, -0.25) is 28.8 Å². The number of aromatic nitrogens is 2. The van der Waals surface area contributed by atoms with Crippen molar-refractivity contribution in [3.63, 3.8) is 0 Å². The van der Waals surface area contributed by atoms with Gasteiger partial charge in [-0.2, -0.15) is 5.26 Å². The van der Waals surface area contributed by atoms with Gasteiger partial charge in [-0.15, -0.1) is 22.7 Å². The molecular formula is C60H81N9O10S2. The van der Waals surface area contributed by atoms with Crippen molar-refractivity contribution >= 4 is 58.1 Å². The number of hydrogen-bond acceptors (Lipinski definition) is 15. The molecule has 6 N–H and O–H groups in total. The maximum Gasteiger partial charge on any atom is 0.246 e. The lowest BCUT2D eigenvalue weighted by molar-refractivity contribution is -0.145. The lowest BCUT2D eigenvalue weighted by atomic mass is 9.85. The van der Waals surface area contributed by atoms with E-state index >= 15 is 0 Å². The minimum atomic E-state index is -1.03. The minimum Gasteiger partial charge on any atom is -0.487 e. The van der Waals surface area contributed by atoms with Crippen LogP contribution in [0.25, 0.3) is 20.9 Å². The Hall–Kier alpha value is -6.31. The molecule has 81 heavy (non-hydrogen) atoms. The number of hydrogen-bond donors (Lipinski definition) is 6. The lowest BCUT2D eigenvalue weighted by Gasteiger charge is -2.36. The van der Waals surface area contributed by atoms with Crippen LogP contribution in [0.4, 0.5) is 0 Å². The number of aryl methyl sites for hydroxylation is 2. The number of aliphatic hydroxyl groups excluding tert-OH is 2. The number of nitrogens with one attached hydrogen (secondary N) is 4. The van der Waals surface area contributed by atoms with E-state index in [1.165, 1.54) is 21.1 Å². The molecule has 3 aliphatic rings. The van der Waals surface area contributed by atoms with Gasteiger partial charge >= 0.3 is 0 Å². The Morgan fingerprint density at radius 3 is 1.69 bits per heavy atom. The number of amides is 6. The van der Waals surface area contributed by atoms with E-state index in [4.69, 9.17) is 9.47 Å². The van der Waals surface area contributed by atoms with E-state index in [1.807, 2.05) is 112 Å². The first kappa shape index (κ1) is 62.3. The predicted octanol–water partition coefficient (Wildman–Crippen LogP) is 6.90. The molecule has 19 nitrogen and oxygen atoms in total. The molecule has 0 bridgehead atoms. The van der Waals surface area contributed by atoms with E-state index in [9.17, 15) is 44.2 Å². The van der Waals surface area contributed by atoms with Gasteiger partial charge in [0.15, 0.2) is 0 Å². The molecule has 4 heterocycles. The zero-order chi connectivity index (χ0) is 59.4. The molecule has 2 aliphatic heterocycles. The normalized spacial score (nSPS) is 19.8. The molecule has 0 radical (unpaired) electrons. The van der Waals surface area contributed by atoms with E-state index in [2.05, 4.69) is 37.3 Å². The Morgan fingerprint density at radius 1 is 0.716 bits per heavy atom. The summed E-state index contributed by atoms with van der Waals surface area (Å²) >= 11 is 3.04. The summed E-state index contributed by atoms with van der Waals surface area (Å²) in [6, 6.07) is 11.8. The Labute approximate surface area is 484 Å². The van der Waals surface area contributed by atoms with Crippen LogP contribution in [0.15, 0.2) is 53.5 Å². The van der Waals surface area contributed by atoms with Crippen LogP contribution in [0, 0.1) is 41.4 Å². The van der Waals surface area contributed by atoms with Gasteiger partial charge < -0.3 is 50.8 Å². The first-order valence-electron chi connectivity index (χ1n) is 27.8. The van der Waals surface area contributed by atoms with Crippen LogP contribution >= 0.6 is 22.7 Å². The molecule has 1 saturated carbocycles. The molecular weight excluding hydrogens is 1070 g/mol. The number of carbonyl (C=O) groups excluding carboxylic acids is 6. The van der Waals surface area contributed by atoms with Crippen LogP contribution in [0.3, 0.4) is 0 Å². The summed E-state index contributed by atoms with van der Waals surface area (Å²) < 4.78 is 13.1. The second-order valence-corrected chi connectivity index (χ2v) is 27.2. The van der Waals surface area contributed by atoms with Crippen LogP contribution in [0.1, 0.15) is 137 Å². The van der Waals surface area contributed by atoms with Crippen molar-refractivity contribution in [3.05, 3.63) is 76.0 Å². The Morgan fingerprint density at radius 2 is 1.21 bits per heavy atom. The molecule has 2 unspecified atom stereocenters. The van der Waals surface area contributed by atoms with Crippen molar-refractivity contribution < 1.29 is 48.5 Å². The largest absolute Gasteiger partial charge is 0.487 e. The van der Waals surface area contributed by atoms with Crippen molar-refractivity contribution in [1.29, 1.82) is 5.26 Å². The van der Waals surface area contributed by atoms with E-state index in [-0.39, 0.29) is 58.5 Å². The van der Waals surface area contributed by atoms with E-state index in [1.54, 1.807) is 36.2 Å². The molecule has 6 amide bonds. The summed E-state index contributed by atoms with van der Waals surface area (Å²) in [5.41, 5.74) is 4.70. The van der Waals surface area contributed by atoms with E-state index in [0.29, 0.717) is 30.6 Å². The number of β-amino-alcohol motifs (C(OH)–C–C–N with tert-alkyl or cyclic N) is 2. The molecule has 2 saturated heterocycles. The van der Waals surface area contributed by atoms with Gasteiger partial charge in [0.2, 0.25) is 35.4 Å². The maximum atomic E-state index is 14.4. The first-order valence-corrected chi connectivity index (χ1v) is 29.5. The van der Waals surface area contributed by atoms with Gasteiger partial charge in [0.05, 0.1) is 74.5 Å². The van der Waals surface area contributed by atoms with Crippen molar-refractivity contribution in [3.8, 4) is 32.7 Å². The third-order valence-electron chi connectivity index (χ3n) is 15.3. The highest BCUT2D eigenvalue weighted by Crippen LogP contribution is 2.48. The molecule has 6 atom stereocenters. The molecule has 21 heteroatoms. The third-order valence-corrected chi connectivity index (χ3v) is 17.2. The van der Waals surface area contributed by atoms with Gasteiger partial charge in [0.1, 0.15) is 35.5 Å². The Kier molecular flexibility index (Phi) is 19.3. The van der Waals surface area contributed by atoms with E-state index < -0.39 is 99.3 Å². The summed E-state index contributed by atoms with van der Waals surface area (Å²) in [6.45, 7) is 22.5. The summed E-state index contributed by atoms with van der Waals surface area (Å²) in [5, 5.41) is 42.9. The molecule has 7 rings (SSSR count). The monoisotopic (exact) mass is 1150 g/mol. The number of aliphatic hydroxyl groups is 2. The maximum absolute atomic E-state index is 14.4. The van der Waals surface area contributed by atoms with Crippen LogP contribution in [-0.4, -0.2) is 133 Å². The van der Waals surface area contributed by atoms with Gasteiger partial charge in [0, 0.05) is 57.4 Å². The van der Waals surface area contributed by atoms with Crippen molar-refractivity contribution in [2.45, 2.75) is 189 Å². The SMILES string of the molecule is Cc1ncsc1-c1ccc(CNC(=O)[C@@H]2C[C@@H](O)CN2C(=O)C(NC(=O)CC(C)(C)OCCC(C)(C)Oc2cc(-c3scnc3C)ccc2CNC(=O)[C@@H]2C[C@@H](O)CN2C(=O)C(NC(=O)CC2(C#N)CC2)C(C)(C)C)C(C)(C)C)cc1. The minimum absolute atomic E-state index is 0.00405. The molecule has 4 aromatic rings. The first-order chi connectivity index (χ1) is 37.9. The lowest BCUT2D eigenvalue weighted by Crippen LogP contribution is -2.58. The summed E-state index contributed by atoms with van der Waals surface area (Å²) in [7, 11) is 0. The number of rotatable bonds is 22. The zero-order valence-corrected chi connectivity index (χ0v) is 50.5. The topological polar surface area (TPSA) is 266 Å². The number of likely N-dealkylation sites (tertiary alicyclic amines) is 2. The number of thiazole rings is 2. The molecule has 2 aromatic heterocycles. The quantitative estimate of drug-likeness (QED) is 0.0469. The highest BCUT2D eigenvalue weighted by atomic mass is 32.1. The zero-order valence-electron chi connectivity index (χ0n) is 48.9. The number of benzene rings is 2. The fourth-order valence-corrected chi connectivity index (χ4v) is 11.9. The van der Waals surface area contributed by atoms with Crippen LogP contribution < -0.4 is 26.0 Å². The number of nitriles is 1. The van der Waals surface area contributed by atoms with Gasteiger partial charge in [-0.25, -0.2) is 9.97 Å². The summed E-state index contributed by atoms with van der Waals surface area (Å²) in [6.07, 6.45) is -0.319. The molecule has 3 fully saturated rings. The highest BCUT2D eigenvalue weighted by molar-refractivity contribution is 7.13. The van der Waals surface area contributed by atoms with Gasteiger partial charge in [-0.05, 0) is 88.0 Å². The van der Waals surface area contributed by atoms with Gasteiger partial charge in [0.25, 0.3) is 0 Å².